The van der Waals surface area contributed by atoms with Crippen LogP contribution in [-0.4, -0.2) is 23.6 Å². The number of ether oxygens (including phenoxy) is 1. The van der Waals surface area contributed by atoms with Gasteiger partial charge in [0.05, 0.1) is 11.8 Å². The van der Waals surface area contributed by atoms with Crippen LogP contribution in [0, 0.1) is 0 Å². The Bertz CT molecular complexity index is 308. The van der Waals surface area contributed by atoms with Gasteiger partial charge < -0.3 is 9.94 Å². The summed E-state index contributed by atoms with van der Waals surface area (Å²) in [6, 6.07) is 0. The maximum absolute atomic E-state index is 9.19. The van der Waals surface area contributed by atoms with Gasteiger partial charge in [-0.1, -0.05) is 42.8 Å². The highest BCUT2D eigenvalue weighted by Crippen LogP contribution is 2.13. The molecule has 0 fully saturated rings. The summed E-state index contributed by atoms with van der Waals surface area (Å²) in [5.74, 6) is 0. The van der Waals surface area contributed by atoms with E-state index in [1.807, 2.05) is 0 Å². The highest BCUT2D eigenvalue weighted by molar-refractivity contribution is 5.88. The summed E-state index contributed by atoms with van der Waals surface area (Å²) in [4.78, 5) is 0. The van der Waals surface area contributed by atoms with Gasteiger partial charge in [-0.3, -0.25) is 0 Å². The van der Waals surface area contributed by atoms with E-state index in [1.54, 1.807) is 0 Å². The second kappa shape index (κ2) is 10.8. The Hall–Kier alpha value is -1.09. The molecule has 3 heteroatoms. The molecule has 1 atom stereocenters. The maximum Gasteiger partial charge on any atom is 0.0992 e. The summed E-state index contributed by atoms with van der Waals surface area (Å²) in [5.41, 5.74) is 0.787. The average Bonchev–Trinajstić information content (AvgIpc) is 2.41. The van der Waals surface area contributed by atoms with Gasteiger partial charge in [0.1, 0.15) is 0 Å². The third-order valence-electron chi connectivity index (χ3n) is 3.31. The molecule has 0 heterocycles. The molecule has 1 aliphatic carbocycles. The van der Waals surface area contributed by atoms with E-state index in [4.69, 9.17) is 4.74 Å². The molecule has 1 unspecified atom stereocenters. The molecule has 3 nitrogen and oxygen atoms in total. The third-order valence-corrected chi connectivity index (χ3v) is 3.31. The molecule has 0 aromatic heterocycles. The summed E-state index contributed by atoms with van der Waals surface area (Å²) in [6.07, 6.45) is 16.8. The van der Waals surface area contributed by atoms with Crippen molar-refractivity contribution < 1.29 is 9.94 Å². The average molecular weight is 265 g/mol. The SMILES string of the molecule is CCCCOC1CC/C=C/CC/C=C/CC/C1=N/O. The summed E-state index contributed by atoms with van der Waals surface area (Å²) in [6.45, 7) is 2.90. The lowest BCUT2D eigenvalue weighted by molar-refractivity contribution is 0.0864. The van der Waals surface area contributed by atoms with Gasteiger partial charge in [-0.15, -0.1) is 0 Å². The van der Waals surface area contributed by atoms with Crippen molar-refractivity contribution in [2.75, 3.05) is 6.61 Å². The standard InChI is InChI=1S/C16H27NO2/c1-2-3-14-19-16-13-11-9-7-5-4-6-8-10-12-15(16)17-18/h6-9,16,18H,2-5,10-14H2,1H3/b8-6+,9-7+,17-15-. The second-order valence-electron chi connectivity index (χ2n) is 4.94. The van der Waals surface area contributed by atoms with Crippen LogP contribution in [0.3, 0.4) is 0 Å². The van der Waals surface area contributed by atoms with Crippen LogP contribution in [-0.2, 0) is 4.74 Å². The Balaban J connectivity index is 2.58. The van der Waals surface area contributed by atoms with Crippen LogP contribution in [0.5, 0.6) is 0 Å². The van der Waals surface area contributed by atoms with E-state index in [0.29, 0.717) is 0 Å². The molecule has 0 aromatic carbocycles. The van der Waals surface area contributed by atoms with Crippen molar-refractivity contribution in [1.82, 2.24) is 0 Å². The number of unbranched alkanes of at least 4 members (excludes halogenated alkanes) is 1. The first kappa shape index (κ1) is 16.0. The first-order chi connectivity index (χ1) is 9.38. The Morgan fingerprint density at radius 3 is 2.53 bits per heavy atom. The van der Waals surface area contributed by atoms with E-state index in [9.17, 15) is 5.21 Å². The van der Waals surface area contributed by atoms with Crippen molar-refractivity contribution in [2.24, 2.45) is 5.16 Å². The lowest BCUT2D eigenvalue weighted by Crippen LogP contribution is -2.25. The lowest BCUT2D eigenvalue weighted by Gasteiger charge is -2.18. The minimum absolute atomic E-state index is 0.0333. The van der Waals surface area contributed by atoms with Crippen LogP contribution < -0.4 is 0 Å². The van der Waals surface area contributed by atoms with E-state index in [-0.39, 0.29) is 6.10 Å². The topological polar surface area (TPSA) is 41.8 Å². The van der Waals surface area contributed by atoms with Crippen LogP contribution in [0.1, 0.15) is 58.3 Å². The zero-order valence-corrected chi connectivity index (χ0v) is 12.1. The van der Waals surface area contributed by atoms with Crippen molar-refractivity contribution in [3.63, 3.8) is 0 Å². The molecule has 19 heavy (non-hydrogen) atoms. The molecule has 0 saturated heterocycles. The fraction of sp³-hybridized carbons (Fsp3) is 0.688. The predicted octanol–water partition coefficient (Wildman–Crippen LogP) is 4.47. The fourth-order valence-electron chi connectivity index (χ4n) is 2.13. The van der Waals surface area contributed by atoms with Crippen LogP contribution in [0.4, 0.5) is 0 Å². The molecule has 1 N–H and O–H groups in total. The summed E-state index contributed by atoms with van der Waals surface area (Å²) in [5, 5.41) is 12.7. The monoisotopic (exact) mass is 265 g/mol. The lowest BCUT2D eigenvalue weighted by atomic mass is 10.0. The fourth-order valence-corrected chi connectivity index (χ4v) is 2.13. The molecule has 0 saturated carbocycles. The second-order valence-corrected chi connectivity index (χ2v) is 4.94. The molecule has 108 valence electrons. The van der Waals surface area contributed by atoms with Crippen molar-refractivity contribution in [1.29, 1.82) is 0 Å². The number of oxime groups is 1. The number of hydrogen-bond acceptors (Lipinski definition) is 3. The van der Waals surface area contributed by atoms with Gasteiger partial charge in [-0.05, 0) is 44.9 Å². The molecule has 0 amide bonds. The molecule has 0 bridgehead atoms. The smallest absolute Gasteiger partial charge is 0.0992 e. The summed E-state index contributed by atoms with van der Waals surface area (Å²) in [7, 11) is 0. The Morgan fingerprint density at radius 2 is 1.84 bits per heavy atom. The first-order valence-corrected chi connectivity index (χ1v) is 7.51. The van der Waals surface area contributed by atoms with Gasteiger partial charge in [0.15, 0.2) is 0 Å². The molecule has 1 rings (SSSR count). The minimum atomic E-state index is -0.0333. The highest BCUT2D eigenvalue weighted by Gasteiger charge is 2.16. The Labute approximate surface area is 117 Å². The van der Waals surface area contributed by atoms with E-state index in [1.165, 1.54) is 0 Å². The molecule has 0 radical (unpaired) electrons. The van der Waals surface area contributed by atoms with Gasteiger partial charge in [0.2, 0.25) is 0 Å². The van der Waals surface area contributed by atoms with Crippen LogP contribution >= 0.6 is 0 Å². The van der Waals surface area contributed by atoms with Crippen molar-refractivity contribution in [3.8, 4) is 0 Å². The molecule has 0 aliphatic heterocycles. The number of allylic oxidation sites excluding steroid dienone is 4. The molecular formula is C16H27NO2. The van der Waals surface area contributed by atoms with Gasteiger partial charge in [0, 0.05) is 6.61 Å². The van der Waals surface area contributed by atoms with Crippen LogP contribution in [0.2, 0.25) is 0 Å². The van der Waals surface area contributed by atoms with Gasteiger partial charge in [0.25, 0.3) is 0 Å². The number of nitrogens with zero attached hydrogens (tertiary/aromatic N) is 1. The summed E-state index contributed by atoms with van der Waals surface area (Å²) >= 11 is 0. The van der Waals surface area contributed by atoms with Gasteiger partial charge in [-0.25, -0.2) is 0 Å². The van der Waals surface area contributed by atoms with E-state index >= 15 is 0 Å². The highest BCUT2D eigenvalue weighted by atomic mass is 16.5. The first-order valence-electron chi connectivity index (χ1n) is 7.51. The molecule has 0 spiro atoms. The van der Waals surface area contributed by atoms with Crippen LogP contribution in [0.25, 0.3) is 0 Å². The van der Waals surface area contributed by atoms with Gasteiger partial charge in [-0.2, -0.15) is 0 Å². The minimum Gasteiger partial charge on any atom is -0.411 e. The van der Waals surface area contributed by atoms with E-state index in [0.717, 1.165) is 63.7 Å². The zero-order valence-electron chi connectivity index (χ0n) is 12.1. The Morgan fingerprint density at radius 1 is 1.16 bits per heavy atom. The van der Waals surface area contributed by atoms with Crippen LogP contribution in [0.15, 0.2) is 29.5 Å². The third kappa shape index (κ3) is 7.16. The molecule has 1 aliphatic rings. The van der Waals surface area contributed by atoms with Crippen molar-refractivity contribution in [2.45, 2.75) is 64.4 Å². The van der Waals surface area contributed by atoms with Crippen molar-refractivity contribution in [3.05, 3.63) is 24.3 Å². The summed E-state index contributed by atoms with van der Waals surface area (Å²) < 4.78 is 5.88. The predicted molar refractivity (Wildman–Crippen MR) is 79.9 cm³/mol. The molecular weight excluding hydrogens is 238 g/mol. The van der Waals surface area contributed by atoms with Crippen molar-refractivity contribution >= 4 is 5.71 Å². The normalized spacial score (nSPS) is 27.4. The van der Waals surface area contributed by atoms with Gasteiger partial charge >= 0.3 is 0 Å². The van der Waals surface area contributed by atoms with E-state index in [2.05, 4.69) is 36.4 Å². The Kier molecular flexibility index (Phi) is 9.07. The largest absolute Gasteiger partial charge is 0.411 e. The number of hydrogen-bond donors (Lipinski definition) is 1. The van der Waals surface area contributed by atoms with E-state index < -0.39 is 0 Å². The quantitative estimate of drug-likeness (QED) is 0.353. The zero-order chi connectivity index (χ0) is 13.8. The molecule has 0 aromatic rings. The maximum atomic E-state index is 9.19. The number of rotatable bonds is 4.